The zero-order chi connectivity index (χ0) is 8.97. The largest absolute Gasteiger partial charge is 0.130 e. The second-order valence-electron chi connectivity index (χ2n) is 2.94. The average molecular weight is 179 g/mol. The summed E-state index contributed by atoms with van der Waals surface area (Å²) < 4.78 is 0. The van der Waals surface area contributed by atoms with Crippen molar-refractivity contribution in [3.05, 3.63) is 36.2 Å². The lowest BCUT2D eigenvalue weighted by Gasteiger charge is -2.03. The summed E-state index contributed by atoms with van der Waals surface area (Å²) in [6.45, 7) is 6.16. The van der Waals surface area contributed by atoms with E-state index in [1.807, 2.05) is 0 Å². The van der Waals surface area contributed by atoms with Gasteiger partial charge in [0.2, 0.25) is 0 Å². The van der Waals surface area contributed by atoms with E-state index in [-0.39, 0.29) is 0 Å². The third-order valence-electron chi connectivity index (χ3n) is 1.80. The minimum Gasteiger partial charge on any atom is -0.130 e. The van der Waals surface area contributed by atoms with E-state index >= 15 is 0 Å². The Labute approximate surface area is 79.4 Å². The van der Waals surface area contributed by atoms with E-state index in [1.54, 1.807) is 11.8 Å². The molecule has 0 aromatic heterocycles. The molecule has 0 bridgehead atoms. The standard InChI is InChI=1S/C11H15S/c1-4-5-10-6-9(2)7-11(8-10)12-3/h6-8H,2,4-5H2,1,3H3. The molecule has 0 aliphatic rings. The van der Waals surface area contributed by atoms with Crippen LogP contribution in [0.5, 0.6) is 0 Å². The molecule has 1 aromatic carbocycles. The van der Waals surface area contributed by atoms with Crippen molar-refractivity contribution in [3.8, 4) is 0 Å². The summed E-state index contributed by atoms with van der Waals surface area (Å²) in [6.07, 6.45) is 4.47. The number of hydrogen-bond acceptors (Lipinski definition) is 1. The van der Waals surface area contributed by atoms with Crippen LogP contribution in [0.1, 0.15) is 24.5 Å². The van der Waals surface area contributed by atoms with E-state index in [1.165, 1.54) is 16.9 Å². The van der Waals surface area contributed by atoms with Gasteiger partial charge in [0.05, 0.1) is 0 Å². The smallest absolute Gasteiger partial charge is 0.00746 e. The molecule has 1 rings (SSSR count). The fourth-order valence-corrected chi connectivity index (χ4v) is 1.82. The van der Waals surface area contributed by atoms with Crippen LogP contribution in [-0.2, 0) is 6.42 Å². The van der Waals surface area contributed by atoms with Crippen LogP contribution < -0.4 is 0 Å². The Morgan fingerprint density at radius 2 is 2.08 bits per heavy atom. The molecule has 0 fully saturated rings. The third kappa shape index (κ3) is 2.56. The SMILES string of the molecule is [CH2]c1cc(CCC)cc(SC)c1. The molecule has 1 aromatic rings. The predicted octanol–water partition coefficient (Wildman–Crippen LogP) is 3.54. The summed E-state index contributed by atoms with van der Waals surface area (Å²) in [5.41, 5.74) is 2.54. The Morgan fingerprint density at radius 3 is 2.67 bits per heavy atom. The quantitative estimate of drug-likeness (QED) is 0.639. The van der Waals surface area contributed by atoms with E-state index in [9.17, 15) is 0 Å². The number of thioether (sulfide) groups is 1. The summed E-state index contributed by atoms with van der Waals surface area (Å²) in [4.78, 5) is 1.32. The first kappa shape index (κ1) is 9.66. The van der Waals surface area contributed by atoms with Crippen LogP contribution in [0, 0.1) is 6.92 Å². The van der Waals surface area contributed by atoms with Gasteiger partial charge in [-0.2, -0.15) is 0 Å². The van der Waals surface area contributed by atoms with Gasteiger partial charge in [0.1, 0.15) is 0 Å². The molecule has 0 heterocycles. The maximum atomic E-state index is 3.96. The molecule has 0 nitrogen and oxygen atoms in total. The molecule has 0 saturated carbocycles. The zero-order valence-corrected chi connectivity index (χ0v) is 8.58. The Bertz CT molecular complexity index is 253. The lowest BCUT2D eigenvalue weighted by molar-refractivity contribution is 0.917. The molecule has 0 spiro atoms. The predicted molar refractivity (Wildman–Crippen MR) is 56.7 cm³/mol. The van der Waals surface area contributed by atoms with Crippen molar-refractivity contribution in [2.45, 2.75) is 24.7 Å². The van der Waals surface area contributed by atoms with Crippen molar-refractivity contribution in [1.82, 2.24) is 0 Å². The van der Waals surface area contributed by atoms with Gasteiger partial charge in [0.15, 0.2) is 0 Å². The zero-order valence-electron chi connectivity index (χ0n) is 7.76. The van der Waals surface area contributed by atoms with Gasteiger partial charge >= 0.3 is 0 Å². The molecule has 0 unspecified atom stereocenters. The maximum Gasteiger partial charge on any atom is 0.00746 e. The highest BCUT2D eigenvalue weighted by Gasteiger charge is 1.96. The van der Waals surface area contributed by atoms with E-state index in [4.69, 9.17) is 0 Å². The molecule has 0 aliphatic heterocycles. The molecule has 0 atom stereocenters. The summed E-state index contributed by atoms with van der Waals surface area (Å²) in [6, 6.07) is 6.55. The Morgan fingerprint density at radius 1 is 1.33 bits per heavy atom. The fourth-order valence-electron chi connectivity index (χ4n) is 1.28. The van der Waals surface area contributed by atoms with E-state index in [2.05, 4.69) is 38.3 Å². The maximum absolute atomic E-state index is 3.96. The van der Waals surface area contributed by atoms with E-state index < -0.39 is 0 Å². The van der Waals surface area contributed by atoms with Crippen LogP contribution in [0.4, 0.5) is 0 Å². The van der Waals surface area contributed by atoms with Crippen LogP contribution >= 0.6 is 11.8 Å². The van der Waals surface area contributed by atoms with Crippen molar-refractivity contribution in [3.63, 3.8) is 0 Å². The lowest BCUT2D eigenvalue weighted by atomic mass is 10.1. The molecule has 1 heteroatoms. The van der Waals surface area contributed by atoms with Crippen LogP contribution in [0.25, 0.3) is 0 Å². The average Bonchev–Trinajstić information content (AvgIpc) is 2.04. The van der Waals surface area contributed by atoms with Crippen molar-refractivity contribution in [2.75, 3.05) is 6.26 Å². The molecule has 0 N–H and O–H groups in total. The molecule has 0 amide bonds. The highest BCUT2D eigenvalue weighted by atomic mass is 32.2. The second-order valence-corrected chi connectivity index (χ2v) is 3.82. The summed E-state index contributed by atoms with van der Waals surface area (Å²) in [5, 5.41) is 0. The minimum absolute atomic E-state index is 1.13. The summed E-state index contributed by atoms with van der Waals surface area (Å²) in [7, 11) is 0. The Hall–Kier alpha value is -0.430. The van der Waals surface area contributed by atoms with Crippen LogP contribution in [-0.4, -0.2) is 6.26 Å². The van der Waals surface area contributed by atoms with Crippen molar-refractivity contribution >= 4 is 11.8 Å². The van der Waals surface area contributed by atoms with Gasteiger partial charge in [-0.3, -0.25) is 0 Å². The molecule has 0 saturated heterocycles. The molecule has 0 aliphatic carbocycles. The fraction of sp³-hybridized carbons (Fsp3) is 0.364. The number of benzene rings is 1. The lowest BCUT2D eigenvalue weighted by Crippen LogP contribution is -1.85. The van der Waals surface area contributed by atoms with Gasteiger partial charge in [0, 0.05) is 4.90 Å². The first-order valence-electron chi connectivity index (χ1n) is 4.26. The normalized spacial score (nSPS) is 10.2. The van der Waals surface area contributed by atoms with Gasteiger partial charge < -0.3 is 0 Å². The van der Waals surface area contributed by atoms with Gasteiger partial charge in [-0.25, -0.2) is 0 Å². The summed E-state index contributed by atoms with van der Waals surface area (Å²) >= 11 is 1.78. The van der Waals surface area contributed by atoms with Gasteiger partial charge in [-0.15, -0.1) is 11.8 Å². The second kappa shape index (κ2) is 4.56. The topological polar surface area (TPSA) is 0 Å². The molecular weight excluding hydrogens is 164 g/mol. The first-order chi connectivity index (χ1) is 5.76. The van der Waals surface area contributed by atoms with Crippen LogP contribution in [0.15, 0.2) is 23.1 Å². The minimum atomic E-state index is 1.13. The number of rotatable bonds is 3. The van der Waals surface area contributed by atoms with Crippen LogP contribution in [0.2, 0.25) is 0 Å². The third-order valence-corrected chi connectivity index (χ3v) is 2.51. The van der Waals surface area contributed by atoms with Gasteiger partial charge in [0.25, 0.3) is 0 Å². The highest BCUT2D eigenvalue weighted by Crippen LogP contribution is 2.19. The highest BCUT2D eigenvalue weighted by molar-refractivity contribution is 7.98. The van der Waals surface area contributed by atoms with Crippen molar-refractivity contribution in [2.24, 2.45) is 0 Å². The van der Waals surface area contributed by atoms with Crippen LogP contribution in [0.3, 0.4) is 0 Å². The Kier molecular flexibility index (Phi) is 3.67. The molecule has 12 heavy (non-hydrogen) atoms. The molecule has 65 valence electrons. The van der Waals surface area contributed by atoms with Gasteiger partial charge in [-0.05, 0) is 42.9 Å². The van der Waals surface area contributed by atoms with Crippen molar-refractivity contribution in [1.29, 1.82) is 0 Å². The molecule has 1 radical (unpaired) electrons. The summed E-state index contributed by atoms with van der Waals surface area (Å²) in [5.74, 6) is 0. The number of hydrogen-bond donors (Lipinski definition) is 0. The monoisotopic (exact) mass is 179 g/mol. The van der Waals surface area contributed by atoms with Gasteiger partial charge in [-0.1, -0.05) is 19.4 Å². The first-order valence-corrected chi connectivity index (χ1v) is 5.48. The Balaban J connectivity index is 2.90. The van der Waals surface area contributed by atoms with E-state index in [0.717, 1.165) is 12.0 Å². The number of aryl methyl sites for hydroxylation is 1. The molecular formula is C11H15S. The van der Waals surface area contributed by atoms with E-state index in [0.29, 0.717) is 0 Å². The van der Waals surface area contributed by atoms with Crippen molar-refractivity contribution < 1.29 is 0 Å².